The number of unbranched alkanes of at least 4 members (excludes halogenated alkanes) is 5. The van der Waals surface area contributed by atoms with Crippen molar-refractivity contribution in [1.82, 2.24) is 0 Å². The molecule has 24 heavy (non-hydrogen) atoms. The Morgan fingerprint density at radius 1 is 0.958 bits per heavy atom. The summed E-state index contributed by atoms with van der Waals surface area (Å²) >= 11 is 0. The van der Waals surface area contributed by atoms with Crippen LogP contribution >= 0.6 is 0 Å². The van der Waals surface area contributed by atoms with Crippen molar-refractivity contribution in [2.45, 2.75) is 71.1 Å². The van der Waals surface area contributed by atoms with E-state index in [9.17, 15) is 14.9 Å². The van der Waals surface area contributed by atoms with Gasteiger partial charge in [-0.2, -0.15) is 0 Å². The summed E-state index contributed by atoms with van der Waals surface area (Å²) in [6, 6.07) is 0. The van der Waals surface area contributed by atoms with E-state index in [-0.39, 0.29) is 10.6 Å². The lowest BCUT2D eigenvalue weighted by atomic mass is 10.1. The van der Waals surface area contributed by atoms with E-state index in [0.717, 1.165) is 32.1 Å². The van der Waals surface area contributed by atoms with Crippen LogP contribution in [0, 0.1) is 10.1 Å². The van der Waals surface area contributed by atoms with Gasteiger partial charge in [0.15, 0.2) is 6.29 Å². The summed E-state index contributed by atoms with van der Waals surface area (Å²) in [5.74, 6) is 0. The Morgan fingerprint density at radius 3 is 2.33 bits per heavy atom. The maximum Gasteiger partial charge on any atom is 0.246 e. The monoisotopic (exact) mass is 332 g/mol. The van der Waals surface area contributed by atoms with Gasteiger partial charge in [-0.05, 0) is 44.6 Å². The molecule has 4 nitrogen and oxygen atoms in total. The average molecular weight is 332 g/mol. The Hall–Kier alpha value is -1.97. The van der Waals surface area contributed by atoms with Crippen LogP contribution in [0.4, 0.5) is 0 Å². The second-order valence-corrected chi connectivity index (χ2v) is 5.57. The first-order valence-corrected chi connectivity index (χ1v) is 8.85. The molecule has 1 radical (unpaired) electrons. The van der Waals surface area contributed by atoms with Crippen LogP contribution in [0.15, 0.2) is 48.2 Å². The minimum atomic E-state index is -0.297. The van der Waals surface area contributed by atoms with Gasteiger partial charge >= 0.3 is 0 Å². The van der Waals surface area contributed by atoms with Crippen molar-refractivity contribution in [2.24, 2.45) is 0 Å². The highest BCUT2D eigenvalue weighted by atomic mass is 16.6. The molecule has 0 aromatic rings. The van der Waals surface area contributed by atoms with Gasteiger partial charge in [0.05, 0.1) is 11.3 Å². The molecule has 0 unspecified atom stereocenters. The molecule has 0 atom stereocenters. The molecule has 0 aliphatic carbocycles. The van der Waals surface area contributed by atoms with Crippen molar-refractivity contribution >= 4 is 6.29 Å². The van der Waals surface area contributed by atoms with Crippen LogP contribution in [-0.4, -0.2) is 11.2 Å². The molecule has 0 bridgehead atoms. The third-order valence-corrected chi connectivity index (χ3v) is 3.45. The number of carbonyl (C=O) groups excluding carboxylic acids is 1. The van der Waals surface area contributed by atoms with Gasteiger partial charge in [0.2, 0.25) is 5.70 Å². The highest BCUT2D eigenvalue weighted by molar-refractivity contribution is 5.50. The third-order valence-electron chi connectivity index (χ3n) is 3.45. The molecule has 4 heteroatoms. The second kappa shape index (κ2) is 17.4. The largest absolute Gasteiger partial charge is 0.291 e. The number of nitro groups is 1. The highest BCUT2D eigenvalue weighted by Crippen LogP contribution is 2.08. The van der Waals surface area contributed by atoms with E-state index >= 15 is 0 Å². The Kier molecular flexibility index (Phi) is 16.0. The lowest BCUT2D eigenvalue weighted by molar-refractivity contribution is -0.427. The Labute approximate surface area is 146 Å². The van der Waals surface area contributed by atoms with Gasteiger partial charge in [0, 0.05) is 6.42 Å². The van der Waals surface area contributed by atoms with Gasteiger partial charge in [0.25, 0.3) is 0 Å². The van der Waals surface area contributed by atoms with Crippen LogP contribution in [0.3, 0.4) is 0 Å². The molecule has 0 amide bonds. The fourth-order valence-electron chi connectivity index (χ4n) is 2.05. The first kappa shape index (κ1) is 22.0. The second-order valence-electron chi connectivity index (χ2n) is 5.57. The SMILES string of the molecule is CCCCC/C=C\C/C(=C\C/C=C\C/C=C\CCC[C]=O)[N+](=O)[O-]. The van der Waals surface area contributed by atoms with Crippen LogP contribution in [-0.2, 0) is 4.79 Å². The standard InChI is InChI=1S/C20H30NO3/c1-2-3-4-5-11-14-17-20(21(23)24)18-15-12-9-7-6-8-10-13-16-19-22/h6,8-9,11-12,14,18H,2-5,7,10,13,15-17H2,1H3/b8-6-,12-9-,14-11-,20-18+. The molecule has 0 aliphatic heterocycles. The van der Waals surface area contributed by atoms with E-state index in [0.29, 0.717) is 19.3 Å². The van der Waals surface area contributed by atoms with E-state index in [1.807, 2.05) is 42.7 Å². The molecule has 0 aromatic carbocycles. The normalized spacial score (nSPS) is 12.6. The predicted octanol–water partition coefficient (Wildman–Crippen LogP) is 5.85. The van der Waals surface area contributed by atoms with Gasteiger partial charge in [-0.15, -0.1) is 0 Å². The van der Waals surface area contributed by atoms with Gasteiger partial charge in [-0.3, -0.25) is 14.9 Å². The summed E-state index contributed by atoms with van der Waals surface area (Å²) in [6.45, 7) is 2.16. The summed E-state index contributed by atoms with van der Waals surface area (Å²) in [5.41, 5.74) is 0.257. The molecule has 0 fully saturated rings. The van der Waals surface area contributed by atoms with Crippen LogP contribution < -0.4 is 0 Å². The van der Waals surface area contributed by atoms with Crippen molar-refractivity contribution in [3.8, 4) is 0 Å². The molecule has 133 valence electrons. The lowest BCUT2D eigenvalue weighted by Gasteiger charge is -1.94. The van der Waals surface area contributed by atoms with Crippen LogP contribution in [0.1, 0.15) is 71.1 Å². The molecule has 0 saturated heterocycles. The summed E-state index contributed by atoms with van der Waals surface area (Å²) < 4.78 is 0. The van der Waals surface area contributed by atoms with E-state index < -0.39 is 0 Å². The minimum absolute atomic E-state index is 0.257. The number of hydrogen-bond donors (Lipinski definition) is 0. The summed E-state index contributed by atoms with van der Waals surface area (Å²) in [6.07, 6.45) is 24.0. The first-order valence-electron chi connectivity index (χ1n) is 8.85. The van der Waals surface area contributed by atoms with Gasteiger partial charge in [-0.1, -0.05) is 56.2 Å². The molecule has 0 aromatic heterocycles. The summed E-state index contributed by atoms with van der Waals surface area (Å²) in [4.78, 5) is 20.7. The number of nitrogens with zero attached hydrogens (tertiary/aromatic N) is 1. The highest BCUT2D eigenvalue weighted by Gasteiger charge is 2.06. The molecule has 0 aliphatic rings. The number of rotatable bonds is 15. The molecule has 0 N–H and O–H groups in total. The molecule has 0 rings (SSSR count). The smallest absolute Gasteiger partial charge is 0.246 e. The van der Waals surface area contributed by atoms with Crippen molar-refractivity contribution in [1.29, 1.82) is 0 Å². The Morgan fingerprint density at radius 2 is 1.62 bits per heavy atom. The van der Waals surface area contributed by atoms with Crippen molar-refractivity contribution in [2.75, 3.05) is 0 Å². The predicted molar refractivity (Wildman–Crippen MR) is 100 cm³/mol. The topological polar surface area (TPSA) is 60.2 Å². The number of hydrogen-bond acceptors (Lipinski definition) is 3. The minimum Gasteiger partial charge on any atom is -0.291 e. The van der Waals surface area contributed by atoms with Crippen LogP contribution in [0.5, 0.6) is 0 Å². The van der Waals surface area contributed by atoms with Crippen molar-refractivity contribution in [3.63, 3.8) is 0 Å². The molecular weight excluding hydrogens is 302 g/mol. The van der Waals surface area contributed by atoms with E-state index in [1.54, 1.807) is 6.08 Å². The van der Waals surface area contributed by atoms with Gasteiger partial charge in [0.1, 0.15) is 0 Å². The number of allylic oxidation sites excluding steroid dienone is 7. The molecule has 0 spiro atoms. The van der Waals surface area contributed by atoms with E-state index in [1.165, 1.54) is 12.8 Å². The quantitative estimate of drug-likeness (QED) is 0.164. The summed E-state index contributed by atoms with van der Waals surface area (Å²) in [5, 5.41) is 11.0. The molecule has 0 heterocycles. The zero-order valence-corrected chi connectivity index (χ0v) is 14.8. The first-order chi connectivity index (χ1) is 11.7. The van der Waals surface area contributed by atoms with Crippen LogP contribution in [0.2, 0.25) is 0 Å². The van der Waals surface area contributed by atoms with E-state index in [4.69, 9.17) is 0 Å². The van der Waals surface area contributed by atoms with Gasteiger partial charge in [-0.25, -0.2) is 0 Å². The maximum atomic E-state index is 11.0. The van der Waals surface area contributed by atoms with E-state index in [2.05, 4.69) is 6.92 Å². The fraction of sp³-hybridized carbons (Fsp3) is 0.550. The van der Waals surface area contributed by atoms with Crippen molar-refractivity contribution < 1.29 is 9.72 Å². The summed E-state index contributed by atoms with van der Waals surface area (Å²) in [7, 11) is 0. The Bertz CT molecular complexity index is 448. The van der Waals surface area contributed by atoms with Crippen molar-refractivity contribution in [3.05, 3.63) is 58.3 Å². The fourth-order valence-corrected chi connectivity index (χ4v) is 2.05. The van der Waals surface area contributed by atoms with Crippen LogP contribution in [0.25, 0.3) is 0 Å². The zero-order valence-electron chi connectivity index (χ0n) is 14.8. The maximum absolute atomic E-state index is 11.0. The van der Waals surface area contributed by atoms with Gasteiger partial charge < -0.3 is 0 Å². The molecular formula is C20H30NO3. The lowest BCUT2D eigenvalue weighted by Crippen LogP contribution is -1.97. The average Bonchev–Trinajstić information content (AvgIpc) is 2.57. The zero-order chi connectivity index (χ0) is 17.9. The molecule has 0 saturated carbocycles. The Balaban J connectivity index is 4.00. The third kappa shape index (κ3) is 14.9.